The maximum absolute atomic E-state index is 12.7. The molecule has 4 nitrogen and oxygen atoms in total. The maximum atomic E-state index is 12.7. The maximum Gasteiger partial charge on any atom is 0.287 e. The zero-order valence-corrected chi connectivity index (χ0v) is 15.9. The van der Waals surface area contributed by atoms with Crippen LogP contribution in [0.4, 0.5) is 0 Å². The van der Waals surface area contributed by atoms with Crippen LogP contribution in [0.15, 0.2) is 40.9 Å². The van der Waals surface area contributed by atoms with Crippen molar-refractivity contribution in [1.82, 2.24) is 10.3 Å². The molecular weight excluding hydrogens is 324 g/mol. The number of benzene rings is 1. The highest BCUT2D eigenvalue weighted by molar-refractivity contribution is 5.99. The van der Waals surface area contributed by atoms with Gasteiger partial charge in [0, 0.05) is 35.3 Å². The molecule has 0 aliphatic rings. The molecular formula is C22H26N2O2. The fraction of sp³-hybridized carbons (Fsp3) is 0.364. The zero-order chi connectivity index (χ0) is 18.7. The van der Waals surface area contributed by atoms with Gasteiger partial charge in [0.1, 0.15) is 5.58 Å². The SMILES string of the molecule is CCCc1ccc2oc(C(=O)N[C@@H](C)Cc3ncccc3C)c(C)c2c1. The van der Waals surface area contributed by atoms with E-state index in [0.29, 0.717) is 12.2 Å². The summed E-state index contributed by atoms with van der Waals surface area (Å²) in [5.74, 6) is 0.232. The van der Waals surface area contributed by atoms with Gasteiger partial charge in [0.25, 0.3) is 5.91 Å². The lowest BCUT2D eigenvalue weighted by atomic mass is 10.1. The molecule has 2 heterocycles. The van der Waals surface area contributed by atoms with Crippen LogP contribution in [-0.2, 0) is 12.8 Å². The van der Waals surface area contributed by atoms with Gasteiger partial charge in [-0.3, -0.25) is 9.78 Å². The first kappa shape index (κ1) is 18.2. The first-order valence-electron chi connectivity index (χ1n) is 9.23. The Morgan fingerprint density at radius 2 is 2.08 bits per heavy atom. The number of hydrogen-bond donors (Lipinski definition) is 1. The summed E-state index contributed by atoms with van der Waals surface area (Å²) in [4.78, 5) is 17.1. The fourth-order valence-electron chi connectivity index (χ4n) is 3.29. The van der Waals surface area contributed by atoms with E-state index in [1.165, 1.54) is 5.56 Å². The molecule has 1 N–H and O–H groups in total. The van der Waals surface area contributed by atoms with Gasteiger partial charge in [-0.25, -0.2) is 0 Å². The van der Waals surface area contributed by atoms with Gasteiger partial charge in [-0.2, -0.15) is 0 Å². The molecule has 2 aromatic heterocycles. The summed E-state index contributed by atoms with van der Waals surface area (Å²) < 4.78 is 5.84. The van der Waals surface area contributed by atoms with E-state index in [1.54, 1.807) is 6.20 Å². The summed E-state index contributed by atoms with van der Waals surface area (Å²) in [6.07, 6.45) is 4.61. The third kappa shape index (κ3) is 3.79. The van der Waals surface area contributed by atoms with Crippen molar-refractivity contribution in [2.75, 3.05) is 0 Å². The van der Waals surface area contributed by atoms with E-state index >= 15 is 0 Å². The number of furan rings is 1. The molecule has 0 radical (unpaired) electrons. The topological polar surface area (TPSA) is 55.1 Å². The van der Waals surface area contributed by atoms with Gasteiger partial charge >= 0.3 is 0 Å². The fourth-order valence-corrected chi connectivity index (χ4v) is 3.29. The van der Waals surface area contributed by atoms with Gasteiger partial charge in [-0.15, -0.1) is 0 Å². The van der Waals surface area contributed by atoms with Crippen molar-refractivity contribution < 1.29 is 9.21 Å². The van der Waals surface area contributed by atoms with Gasteiger partial charge in [0.05, 0.1) is 0 Å². The Balaban J connectivity index is 1.77. The quantitative estimate of drug-likeness (QED) is 0.697. The minimum Gasteiger partial charge on any atom is -0.451 e. The number of amides is 1. The van der Waals surface area contributed by atoms with Crippen molar-refractivity contribution in [3.05, 3.63) is 64.7 Å². The van der Waals surface area contributed by atoms with E-state index in [4.69, 9.17) is 4.42 Å². The normalized spacial score (nSPS) is 12.3. The number of aromatic nitrogens is 1. The summed E-state index contributed by atoms with van der Waals surface area (Å²) in [6, 6.07) is 10.1. The second-order valence-electron chi connectivity index (χ2n) is 6.98. The Hall–Kier alpha value is -2.62. The van der Waals surface area contributed by atoms with Crippen LogP contribution < -0.4 is 5.32 Å². The molecule has 0 saturated carbocycles. The Bertz CT molecular complexity index is 927. The van der Waals surface area contributed by atoms with E-state index in [9.17, 15) is 4.79 Å². The molecule has 0 bridgehead atoms. The van der Waals surface area contributed by atoms with E-state index < -0.39 is 0 Å². The number of fused-ring (bicyclic) bond motifs is 1. The molecule has 1 atom stereocenters. The van der Waals surface area contributed by atoms with Crippen LogP contribution in [0.3, 0.4) is 0 Å². The first-order chi connectivity index (χ1) is 12.5. The molecule has 26 heavy (non-hydrogen) atoms. The average Bonchev–Trinajstić information content (AvgIpc) is 2.94. The number of aryl methyl sites for hydroxylation is 3. The lowest BCUT2D eigenvalue weighted by Gasteiger charge is -2.14. The van der Waals surface area contributed by atoms with Crippen LogP contribution in [0.5, 0.6) is 0 Å². The van der Waals surface area contributed by atoms with Crippen molar-refractivity contribution >= 4 is 16.9 Å². The number of rotatable bonds is 6. The third-order valence-electron chi connectivity index (χ3n) is 4.74. The molecule has 1 amide bonds. The predicted molar refractivity (Wildman–Crippen MR) is 105 cm³/mol. The van der Waals surface area contributed by atoms with Gasteiger partial charge < -0.3 is 9.73 Å². The minimum atomic E-state index is -0.170. The summed E-state index contributed by atoms with van der Waals surface area (Å²) >= 11 is 0. The Labute approximate surface area is 154 Å². The first-order valence-corrected chi connectivity index (χ1v) is 9.23. The number of nitrogens with zero attached hydrogens (tertiary/aromatic N) is 1. The van der Waals surface area contributed by atoms with Crippen LogP contribution in [0.25, 0.3) is 11.0 Å². The molecule has 3 aromatic rings. The Morgan fingerprint density at radius 3 is 2.81 bits per heavy atom. The number of nitrogens with one attached hydrogen (secondary N) is 1. The number of pyridine rings is 1. The summed E-state index contributed by atoms with van der Waals surface area (Å²) in [7, 11) is 0. The number of hydrogen-bond acceptors (Lipinski definition) is 3. The summed E-state index contributed by atoms with van der Waals surface area (Å²) in [5.41, 5.74) is 5.08. The van der Waals surface area contributed by atoms with Gasteiger partial charge in [-0.05, 0) is 56.5 Å². The molecule has 0 saturated heterocycles. The van der Waals surface area contributed by atoms with Crippen molar-refractivity contribution in [2.45, 2.75) is 53.0 Å². The molecule has 0 unspecified atom stereocenters. The highest BCUT2D eigenvalue weighted by atomic mass is 16.3. The van der Waals surface area contributed by atoms with E-state index in [-0.39, 0.29) is 11.9 Å². The Kier molecular flexibility index (Phi) is 5.40. The van der Waals surface area contributed by atoms with E-state index in [2.05, 4.69) is 29.4 Å². The molecule has 0 fully saturated rings. The highest BCUT2D eigenvalue weighted by Crippen LogP contribution is 2.27. The van der Waals surface area contributed by atoms with Crippen LogP contribution >= 0.6 is 0 Å². The number of carbonyl (C=O) groups is 1. The lowest BCUT2D eigenvalue weighted by Crippen LogP contribution is -2.34. The largest absolute Gasteiger partial charge is 0.451 e. The van der Waals surface area contributed by atoms with Crippen LogP contribution in [0, 0.1) is 13.8 Å². The van der Waals surface area contributed by atoms with Gasteiger partial charge in [0.2, 0.25) is 0 Å². The molecule has 1 aromatic carbocycles. The second-order valence-corrected chi connectivity index (χ2v) is 6.98. The molecule has 3 rings (SSSR count). The average molecular weight is 350 g/mol. The van der Waals surface area contributed by atoms with Gasteiger partial charge in [0.15, 0.2) is 5.76 Å². The van der Waals surface area contributed by atoms with Crippen molar-refractivity contribution in [3.63, 3.8) is 0 Å². The van der Waals surface area contributed by atoms with E-state index in [1.807, 2.05) is 39.0 Å². The Morgan fingerprint density at radius 1 is 1.27 bits per heavy atom. The van der Waals surface area contributed by atoms with Crippen molar-refractivity contribution in [1.29, 1.82) is 0 Å². The van der Waals surface area contributed by atoms with Gasteiger partial charge in [-0.1, -0.05) is 25.5 Å². The monoisotopic (exact) mass is 350 g/mol. The van der Waals surface area contributed by atoms with Crippen molar-refractivity contribution in [2.24, 2.45) is 0 Å². The van der Waals surface area contributed by atoms with Crippen LogP contribution in [-0.4, -0.2) is 16.9 Å². The van der Waals surface area contributed by atoms with Crippen LogP contribution in [0.2, 0.25) is 0 Å². The molecule has 0 spiro atoms. The van der Waals surface area contributed by atoms with Crippen LogP contribution in [0.1, 0.15) is 53.2 Å². The van der Waals surface area contributed by atoms with Crippen molar-refractivity contribution in [3.8, 4) is 0 Å². The zero-order valence-electron chi connectivity index (χ0n) is 15.9. The third-order valence-corrected chi connectivity index (χ3v) is 4.74. The standard InChI is InChI=1S/C22H26N2O2/c1-5-7-17-9-10-20-18(13-17)16(4)21(26-20)22(25)24-15(3)12-19-14(2)8-6-11-23-19/h6,8-11,13,15H,5,7,12H2,1-4H3,(H,24,25)/t15-/m0/s1. The highest BCUT2D eigenvalue weighted by Gasteiger charge is 2.20. The lowest BCUT2D eigenvalue weighted by molar-refractivity contribution is 0.0913. The molecule has 0 aliphatic carbocycles. The summed E-state index contributed by atoms with van der Waals surface area (Å²) in [6.45, 7) is 8.14. The molecule has 4 heteroatoms. The van der Waals surface area contributed by atoms with E-state index in [0.717, 1.165) is 40.6 Å². The smallest absolute Gasteiger partial charge is 0.287 e. The minimum absolute atomic E-state index is 0.0284. The molecule has 136 valence electrons. The summed E-state index contributed by atoms with van der Waals surface area (Å²) in [5, 5.41) is 4.06. The molecule has 0 aliphatic heterocycles. The number of carbonyl (C=O) groups excluding carboxylic acids is 1. The second kappa shape index (κ2) is 7.73. The predicted octanol–water partition coefficient (Wildman–Crippen LogP) is 4.76.